The van der Waals surface area contributed by atoms with Gasteiger partial charge in [-0.1, -0.05) is 18.2 Å². The number of aliphatic carboxylic acids is 3. The van der Waals surface area contributed by atoms with E-state index < -0.39 is 17.9 Å². The van der Waals surface area contributed by atoms with Crippen molar-refractivity contribution in [1.29, 1.82) is 5.26 Å². The van der Waals surface area contributed by atoms with Gasteiger partial charge in [0, 0.05) is 30.4 Å². The van der Waals surface area contributed by atoms with Crippen LogP contribution in [0.4, 0.5) is 0 Å². The summed E-state index contributed by atoms with van der Waals surface area (Å²) in [6.45, 7) is 0.514. The van der Waals surface area contributed by atoms with Crippen molar-refractivity contribution in [3.05, 3.63) is 59.4 Å². The number of thioether (sulfide) groups is 1. The van der Waals surface area contributed by atoms with E-state index in [1.165, 1.54) is 0 Å². The number of nitriles is 1. The molecule has 0 amide bonds. The zero-order valence-corrected chi connectivity index (χ0v) is 21.1. The normalized spacial score (nSPS) is 19.2. The number of carboxylic acid groups (broad SMARTS) is 3. The molecule has 1 aliphatic heterocycles. The molecule has 1 aliphatic rings. The van der Waals surface area contributed by atoms with E-state index in [1.807, 2.05) is 46.7 Å². The number of fused-ring (bicyclic) bond motifs is 2. The van der Waals surface area contributed by atoms with Crippen LogP contribution in [0.3, 0.4) is 0 Å². The highest BCUT2D eigenvalue weighted by Crippen LogP contribution is 2.26. The molecule has 1 aromatic heterocycles. The number of hydrogen-bond acceptors (Lipinski definition) is 8. The summed E-state index contributed by atoms with van der Waals surface area (Å²) < 4.78 is 0. The van der Waals surface area contributed by atoms with Crippen LogP contribution < -0.4 is 0 Å². The van der Waals surface area contributed by atoms with Crippen LogP contribution in [0.2, 0.25) is 0 Å². The van der Waals surface area contributed by atoms with E-state index >= 15 is 0 Å². The molecule has 1 aromatic carbocycles. The first kappa shape index (κ1) is 28.1. The largest absolute Gasteiger partial charge is 0.481 e. The van der Waals surface area contributed by atoms with E-state index in [9.17, 15) is 29.7 Å². The molecular formula is C26H30N4O6S. The van der Waals surface area contributed by atoms with Gasteiger partial charge >= 0.3 is 17.9 Å². The van der Waals surface area contributed by atoms with Crippen LogP contribution >= 0.6 is 11.8 Å². The second-order valence-corrected chi connectivity index (χ2v) is 10.1. The molecule has 2 aromatic rings. The smallest absolute Gasteiger partial charge is 0.317 e. The summed E-state index contributed by atoms with van der Waals surface area (Å²) in [4.78, 5) is 44.0. The summed E-state index contributed by atoms with van der Waals surface area (Å²) in [7, 11) is 0. The molecule has 0 spiro atoms. The lowest BCUT2D eigenvalue weighted by atomic mass is 9.89. The van der Waals surface area contributed by atoms with Gasteiger partial charge in [-0.05, 0) is 73.3 Å². The van der Waals surface area contributed by atoms with Crippen molar-refractivity contribution in [3.63, 3.8) is 0 Å². The summed E-state index contributed by atoms with van der Waals surface area (Å²) in [5.74, 6) is -3.19. The Labute approximate surface area is 219 Å². The molecule has 37 heavy (non-hydrogen) atoms. The quantitative estimate of drug-likeness (QED) is 0.326. The van der Waals surface area contributed by atoms with Crippen LogP contribution in [0.25, 0.3) is 0 Å². The molecule has 3 N–H and O–H groups in total. The van der Waals surface area contributed by atoms with Gasteiger partial charge in [-0.3, -0.25) is 29.2 Å². The molecule has 0 aliphatic carbocycles. The lowest BCUT2D eigenvalue weighted by Crippen LogP contribution is -2.42. The second kappa shape index (κ2) is 13.7. The van der Waals surface area contributed by atoms with Crippen molar-refractivity contribution < 1.29 is 29.7 Å². The Balaban J connectivity index is 1.98. The van der Waals surface area contributed by atoms with Crippen LogP contribution in [0.5, 0.6) is 0 Å². The standard InChI is InChI=1S/C26H30N4O6S/c27-17-37-23-6-4-18(5-7-23)10-22-11-19(12-24(31)32)8-9-29(15-25(33)34)13-20-2-1-3-21(28-20)14-30(22)16-26(35)36/h1-7,19,22H,8-16H2,(H,31,32)(H,33,34)(H,35,36)/t19?,22-/m0/s1. The maximum Gasteiger partial charge on any atom is 0.317 e. The molecule has 10 nitrogen and oxygen atoms in total. The Morgan fingerprint density at radius 2 is 1.65 bits per heavy atom. The zero-order chi connectivity index (χ0) is 26.8. The molecule has 2 heterocycles. The Morgan fingerprint density at radius 3 is 2.27 bits per heavy atom. The van der Waals surface area contributed by atoms with Crippen molar-refractivity contribution >= 4 is 29.7 Å². The van der Waals surface area contributed by atoms with Crippen molar-refractivity contribution in [2.24, 2.45) is 5.92 Å². The summed E-state index contributed by atoms with van der Waals surface area (Å²) in [6.07, 6.45) is 1.27. The molecule has 1 unspecified atom stereocenters. The minimum absolute atomic E-state index is 0.0976. The van der Waals surface area contributed by atoms with E-state index in [-0.39, 0.29) is 38.0 Å². The third-order valence-corrected chi connectivity index (χ3v) is 6.91. The number of thiocyanates is 1. The molecule has 196 valence electrons. The highest BCUT2D eigenvalue weighted by atomic mass is 32.2. The van der Waals surface area contributed by atoms with Crippen molar-refractivity contribution in [2.45, 2.75) is 49.7 Å². The first-order valence-electron chi connectivity index (χ1n) is 11.9. The van der Waals surface area contributed by atoms with Gasteiger partial charge < -0.3 is 15.3 Å². The molecule has 11 heteroatoms. The maximum atomic E-state index is 11.8. The molecule has 0 fully saturated rings. The first-order chi connectivity index (χ1) is 17.7. The minimum atomic E-state index is -0.989. The lowest BCUT2D eigenvalue weighted by Gasteiger charge is -2.34. The second-order valence-electron chi connectivity index (χ2n) is 9.21. The molecule has 0 saturated carbocycles. The number of carbonyl (C=O) groups is 3. The Morgan fingerprint density at radius 1 is 0.973 bits per heavy atom. The highest BCUT2D eigenvalue weighted by Gasteiger charge is 2.28. The van der Waals surface area contributed by atoms with Gasteiger partial charge in [0.1, 0.15) is 5.40 Å². The number of pyridine rings is 1. The fourth-order valence-electron chi connectivity index (χ4n) is 4.72. The number of nitrogens with zero attached hydrogens (tertiary/aromatic N) is 4. The maximum absolute atomic E-state index is 11.8. The van der Waals surface area contributed by atoms with Crippen molar-refractivity contribution in [1.82, 2.24) is 14.8 Å². The van der Waals surface area contributed by atoms with Crippen molar-refractivity contribution in [3.8, 4) is 5.40 Å². The monoisotopic (exact) mass is 526 g/mol. The zero-order valence-electron chi connectivity index (χ0n) is 20.3. The molecule has 3 rings (SSSR count). The average Bonchev–Trinajstić information content (AvgIpc) is 2.81. The predicted octanol–water partition coefficient (Wildman–Crippen LogP) is 2.92. The van der Waals surface area contributed by atoms with Crippen molar-refractivity contribution in [2.75, 3.05) is 19.6 Å². The first-order valence-corrected chi connectivity index (χ1v) is 12.7. The number of benzene rings is 1. The van der Waals surface area contributed by atoms with Crippen LogP contribution in [0.1, 0.15) is 36.2 Å². The fourth-order valence-corrected chi connectivity index (χ4v) is 5.09. The topological polar surface area (TPSA) is 155 Å². The number of rotatable bonds is 9. The number of hydrogen-bond donors (Lipinski definition) is 3. The SMILES string of the molecule is N#CSc1ccc(C[C@H]2CC(CC(=O)O)CCN(CC(=O)O)Cc3cccc(n3)CN2CC(=O)O)cc1. The van der Waals surface area contributed by atoms with Crippen LogP contribution in [0, 0.1) is 16.6 Å². The summed E-state index contributed by atoms with van der Waals surface area (Å²) >= 11 is 1.05. The Bertz CT molecular complexity index is 1140. The summed E-state index contributed by atoms with van der Waals surface area (Å²) in [6, 6.07) is 12.6. The molecular weight excluding hydrogens is 496 g/mol. The van der Waals surface area contributed by atoms with Gasteiger partial charge in [0.25, 0.3) is 0 Å². The minimum Gasteiger partial charge on any atom is -0.481 e. The average molecular weight is 527 g/mol. The Hall–Kier alpha value is -3.46. The summed E-state index contributed by atoms with van der Waals surface area (Å²) in [5, 5.41) is 39.6. The van der Waals surface area contributed by atoms with Crippen LogP contribution in [-0.2, 0) is 33.9 Å². The van der Waals surface area contributed by atoms with E-state index in [4.69, 9.17) is 5.26 Å². The van der Waals surface area contributed by atoms with E-state index in [2.05, 4.69) is 4.98 Å². The predicted molar refractivity (Wildman–Crippen MR) is 136 cm³/mol. The molecule has 0 saturated heterocycles. The van der Waals surface area contributed by atoms with E-state index in [0.717, 1.165) is 22.2 Å². The fraction of sp³-hybridized carbons (Fsp3) is 0.423. The number of carboxylic acids is 3. The number of aromatic nitrogens is 1. The van der Waals surface area contributed by atoms with Gasteiger partial charge in [0.15, 0.2) is 0 Å². The van der Waals surface area contributed by atoms with Crippen LogP contribution in [-0.4, -0.2) is 73.7 Å². The summed E-state index contributed by atoms with van der Waals surface area (Å²) in [5.41, 5.74) is 2.28. The molecule has 2 atom stereocenters. The third-order valence-electron chi connectivity index (χ3n) is 6.31. The van der Waals surface area contributed by atoms with Gasteiger partial charge in [0.2, 0.25) is 0 Å². The van der Waals surface area contributed by atoms with E-state index in [0.29, 0.717) is 43.7 Å². The highest BCUT2D eigenvalue weighted by molar-refractivity contribution is 8.03. The Kier molecular flexibility index (Phi) is 10.4. The van der Waals surface area contributed by atoms with Gasteiger partial charge in [-0.25, -0.2) is 0 Å². The van der Waals surface area contributed by atoms with Gasteiger partial charge in [-0.2, -0.15) is 5.26 Å². The van der Waals surface area contributed by atoms with Crippen LogP contribution in [0.15, 0.2) is 47.4 Å². The molecule has 0 radical (unpaired) electrons. The molecule has 2 bridgehead atoms. The van der Waals surface area contributed by atoms with Gasteiger partial charge in [0.05, 0.1) is 24.5 Å². The lowest BCUT2D eigenvalue weighted by molar-refractivity contribution is -0.141. The third kappa shape index (κ3) is 9.49. The van der Waals surface area contributed by atoms with Gasteiger partial charge in [-0.15, -0.1) is 0 Å². The van der Waals surface area contributed by atoms with E-state index in [1.54, 1.807) is 11.0 Å².